The summed E-state index contributed by atoms with van der Waals surface area (Å²) in [6.07, 6.45) is 3.12. The maximum absolute atomic E-state index is 12.5. The molecule has 6 nitrogen and oxygen atoms in total. The third-order valence-electron chi connectivity index (χ3n) is 4.82. The molecule has 1 aliphatic rings. The Morgan fingerprint density at radius 3 is 2.75 bits per heavy atom. The van der Waals surface area contributed by atoms with E-state index >= 15 is 0 Å². The molecule has 158 valence electrons. The Morgan fingerprint density at radius 1 is 1.43 bits per heavy atom. The van der Waals surface area contributed by atoms with Gasteiger partial charge in [-0.2, -0.15) is 0 Å². The van der Waals surface area contributed by atoms with Crippen molar-refractivity contribution in [2.75, 3.05) is 13.2 Å². The molecule has 1 amide bonds. The first-order valence-corrected chi connectivity index (χ1v) is 13.9. The molecule has 2 rings (SSSR count). The van der Waals surface area contributed by atoms with Gasteiger partial charge in [0, 0.05) is 24.8 Å². The molecule has 0 bridgehead atoms. The number of amides is 1. The van der Waals surface area contributed by atoms with Crippen LogP contribution in [0.15, 0.2) is 5.38 Å². The maximum atomic E-state index is 12.5. The van der Waals surface area contributed by atoms with Crippen LogP contribution in [0.25, 0.3) is 0 Å². The Labute approximate surface area is 174 Å². The molecule has 1 aromatic rings. The number of rotatable bonds is 9. The molecule has 2 unspecified atom stereocenters. The first kappa shape index (κ1) is 23.0. The monoisotopic (exact) mass is 426 g/mol. The van der Waals surface area contributed by atoms with Crippen molar-refractivity contribution in [3.8, 4) is 0 Å². The number of carbonyl (C=O) groups is 2. The van der Waals surface area contributed by atoms with Crippen molar-refractivity contribution in [1.29, 1.82) is 0 Å². The van der Waals surface area contributed by atoms with E-state index in [1.165, 1.54) is 11.3 Å². The standard InChI is InChI=1S/C20H34N2O4SSi/c1-7-25-19(24)14-13-27-16(21-14)9-8-12-22-15(10-11-17(22)23)18(20(2,3)4)26-28(5)6/h13,15,18,28H,7-12H2,1-6H3. The van der Waals surface area contributed by atoms with E-state index in [2.05, 4.69) is 38.8 Å². The van der Waals surface area contributed by atoms with Gasteiger partial charge in [0.1, 0.15) is 0 Å². The zero-order valence-corrected chi connectivity index (χ0v) is 20.0. The molecule has 0 saturated carbocycles. The van der Waals surface area contributed by atoms with E-state index in [0.29, 0.717) is 25.3 Å². The Balaban J connectivity index is 1.97. The Morgan fingerprint density at radius 2 is 2.14 bits per heavy atom. The average Bonchev–Trinajstić information content (AvgIpc) is 3.20. The van der Waals surface area contributed by atoms with Gasteiger partial charge < -0.3 is 14.1 Å². The molecule has 0 N–H and O–H groups in total. The molecule has 0 radical (unpaired) electrons. The molecule has 2 heterocycles. The minimum absolute atomic E-state index is 0.00530. The molecular weight excluding hydrogens is 392 g/mol. The highest BCUT2D eigenvalue weighted by atomic mass is 32.1. The van der Waals surface area contributed by atoms with Gasteiger partial charge in [0.05, 0.1) is 23.8 Å². The number of nitrogens with zero attached hydrogens (tertiary/aromatic N) is 2. The lowest BCUT2D eigenvalue weighted by Gasteiger charge is -2.40. The van der Waals surface area contributed by atoms with Gasteiger partial charge >= 0.3 is 5.97 Å². The smallest absolute Gasteiger partial charge is 0.357 e. The second-order valence-corrected chi connectivity index (χ2v) is 11.9. The van der Waals surface area contributed by atoms with Gasteiger partial charge in [-0.3, -0.25) is 4.79 Å². The fraction of sp³-hybridized carbons (Fsp3) is 0.750. The predicted molar refractivity (Wildman–Crippen MR) is 114 cm³/mol. The van der Waals surface area contributed by atoms with Gasteiger partial charge in [0.15, 0.2) is 14.7 Å². The molecule has 1 aliphatic heterocycles. The lowest BCUT2D eigenvalue weighted by Crippen LogP contribution is -2.50. The normalized spacial score (nSPS) is 18.8. The van der Waals surface area contributed by atoms with Crippen molar-refractivity contribution in [1.82, 2.24) is 9.88 Å². The number of esters is 1. The highest BCUT2D eigenvalue weighted by Crippen LogP contribution is 2.34. The summed E-state index contributed by atoms with van der Waals surface area (Å²) in [7, 11) is -1.21. The number of aromatic nitrogens is 1. The molecule has 1 saturated heterocycles. The van der Waals surface area contributed by atoms with E-state index in [1.807, 2.05) is 4.90 Å². The minimum Gasteiger partial charge on any atom is -0.461 e. The summed E-state index contributed by atoms with van der Waals surface area (Å²) in [4.78, 5) is 30.6. The summed E-state index contributed by atoms with van der Waals surface area (Å²) < 4.78 is 11.4. The molecular formula is C20H34N2O4SSi. The highest BCUT2D eigenvalue weighted by molar-refractivity contribution is 7.09. The Kier molecular flexibility index (Phi) is 8.21. The summed E-state index contributed by atoms with van der Waals surface area (Å²) in [5.41, 5.74) is 0.370. The molecule has 0 aliphatic carbocycles. The summed E-state index contributed by atoms with van der Waals surface area (Å²) >= 11 is 1.47. The van der Waals surface area contributed by atoms with Crippen LogP contribution in [0.5, 0.6) is 0 Å². The largest absolute Gasteiger partial charge is 0.461 e. The Hall–Kier alpha value is -1.25. The second-order valence-electron chi connectivity index (χ2n) is 8.62. The number of likely N-dealkylation sites (tertiary alicyclic amines) is 1. The molecule has 28 heavy (non-hydrogen) atoms. The first-order chi connectivity index (χ1) is 13.1. The van der Waals surface area contributed by atoms with Gasteiger partial charge in [0.2, 0.25) is 5.91 Å². The number of ether oxygens (including phenoxy) is 1. The van der Waals surface area contributed by atoms with Gasteiger partial charge in [-0.05, 0) is 38.3 Å². The van der Waals surface area contributed by atoms with E-state index in [9.17, 15) is 9.59 Å². The molecule has 2 atom stereocenters. The van der Waals surface area contributed by atoms with Crippen molar-refractivity contribution in [3.63, 3.8) is 0 Å². The third-order valence-corrected chi connectivity index (χ3v) is 6.57. The predicted octanol–water partition coefficient (Wildman–Crippen LogP) is 3.66. The molecule has 8 heteroatoms. The number of hydrogen-bond acceptors (Lipinski definition) is 6. The molecule has 1 aromatic heterocycles. The molecule has 0 aromatic carbocycles. The fourth-order valence-electron chi connectivity index (χ4n) is 3.65. The zero-order valence-electron chi connectivity index (χ0n) is 18.0. The molecule has 1 fully saturated rings. The van der Waals surface area contributed by atoms with Crippen LogP contribution in [-0.2, 0) is 20.4 Å². The fourth-order valence-corrected chi connectivity index (χ4v) is 5.64. The summed E-state index contributed by atoms with van der Waals surface area (Å²) in [5, 5.41) is 2.65. The molecule has 0 spiro atoms. The van der Waals surface area contributed by atoms with Gasteiger partial charge in [-0.1, -0.05) is 20.8 Å². The van der Waals surface area contributed by atoms with Crippen LogP contribution in [0.4, 0.5) is 0 Å². The minimum atomic E-state index is -1.21. The van der Waals surface area contributed by atoms with Crippen molar-refractivity contribution < 1.29 is 18.8 Å². The average molecular weight is 427 g/mol. The zero-order chi connectivity index (χ0) is 20.9. The topological polar surface area (TPSA) is 68.7 Å². The SMILES string of the molecule is CCOC(=O)c1csc(CCCN2C(=O)CCC2C(O[SiH](C)C)C(C)(C)C)n1. The van der Waals surface area contributed by atoms with Crippen molar-refractivity contribution >= 4 is 32.3 Å². The van der Waals surface area contributed by atoms with Crippen LogP contribution in [0.1, 0.15) is 62.5 Å². The van der Waals surface area contributed by atoms with E-state index in [1.54, 1.807) is 12.3 Å². The van der Waals surface area contributed by atoms with Crippen LogP contribution < -0.4 is 0 Å². The highest BCUT2D eigenvalue weighted by Gasteiger charge is 2.42. The van der Waals surface area contributed by atoms with Crippen LogP contribution in [0.3, 0.4) is 0 Å². The van der Waals surface area contributed by atoms with Gasteiger partial charge in [-0.15, -0.1) is 11.3 Å². The van der Waals surface area contributed by atoms with E-state index in [4.69, 9.17) is 9.16 Å². The first-order valence-electron chi connectivity index (χ1n) is 10.2. The quantitative estimate of drug-likeness (QED) is 0.445. The lowest BCUT2D eigenvalue weighted by atomic mass is 9.84. The van der Waals surface area contributed by atoms with Crippen molar-refractivity contribution in [3.05, 3.63) is 16.1 Å². The van der Waals surface area contributed by atoms with Crippen LogP contribution in [0, 0.1) is 5.41 Å². The number of thiazole rings is 1. The van der Waals surface area contributed by atoms with Gasteiger partial charge in [-0.25, -0.2) is 9.78 Å². The lowest BCUT2D eigenvalue weighted by molar-refractivity contribution is -0.131. The number of carbonyl (C=O) groups excluding carboxylic acids is 2. The van der Waals surface area contributed by atoms with E-state index in [-0.39, 0.29) is 29.4 Å². The summed E-state index contributed by atoms with van der Waals surface area (Å²) in [5.74, 6) is -0.151. The maximum Gasteiger partial charge on any atom is 0.357 e. The number of hydrogen-bond donors (Lipinski definition) is 0. The summed E-state index contributed by atoms with van der Waals surface area (Å²) in [6, 6.07) is 0.147. The van der Waals surface area contributed by atoms with Crippen LogP contribution >= 0.6 is 11.3 Å². The van der Waals surface area contributed by atoms with Crippen molar-refractivity contribution in [2.24, 2.45) is 5.41 Å². The van der Waals surface area contributed by atoms with Crippen LogP contribution in [-0.4, -0.2) is 56.1 Å². The van der Waals surface area contributed by atoms with E-state index in [0.717, 1.165) is 24.3 Å². The second kappa shape index (κ2) is 9.98. The number of aryl methyl sites for hydroxylation is 1. The third kappa shape index (κ3) is 6.12. The van der Waals surface area contributed by atoms with Gasteiger partial charge in [0.25, 0.3) is 0 Å². The Bertz CT molecular complexity index is 671. The van der Waals surface area contributed by atoms with E-state index < -0.39 is 9.04 Å². The van der Waals surface area contributed by atoms with Crippen LogP contribution in [0.2, 0.25) is 13.1 Å². The summed E-state index contributed by atoms with van der Waals surface area (Å²) in [6.45, 7) is 13.8. The van der Waals surface area contributed by atoms with Crippen molar-refractivity contribution in [2.45, 2.75) is 78.6 Å².